The largest absolute Gasteiger partial charge is 0.294 e. The Labute approximate surface area is 62.7 Å². The molecule has 0 heterocycles. The lowest BCUT2D eigenvalue weighted by molar-refractivity contribution is 0.103. The molecule has 0 aromatic heterocycles. The summed E-state index contributed by atoms with van der Waals surface area (Å²) in [7, 11) is 0. The lowest BCUT2D eigenvalue weighted by Crippen LogP contribution is -2.00. The van der Waals surface area contributed by atoms with E-state index in [1.165, 1.54) is 0 Å². The zero-order valence-electron chi connectivity index (χ0n) is 5.47. The van der Waals surface area contributed by atoms with Crippen LogP contribution in [0, 0.1) is 18.6 Å². The molecule has 0 saturated heterocycles. The van der Waals surface area contributed by atoms with Crippen LogP contribution in [0.1, 0.15) is 10.4 Å². The molecular formula is C8H4F2O. The van der Waals surface area contributed by atoms with Gasteiger partial charge >= 0.3 is 0 Å². The third kappa shape index (κ3) is 1.42. The molecule has 0 spiro atoms. The SMILES string of the molecule is [CH]C(=O)c1c(F)cccc1F. The summed E-state index contributed by atoms with van der Waals surface area (Å²) in [5.74, 6) is -2.96. The smallest absolute Gasteiger partial charge is 0.173 e. The molecule has 0 fully saturated rings. The van der Waals surface area contributed by atoms with Crippen LogP contribution in [-0.2, 0) is 0 Å². The molecule has 1 nitrogen and oxygen atoms in total. The van der Waals surface area contributed by atoms with Crippen molar-refractivity contribution >= 4 is 5.78 Å². The second-order valence-electron chi connectivity index (χ2n) is 1.96. The van der Waals surface area contributed by atoms with Crippen LogP contribution in [0.5, 0.6) is 0 Å². The molecule has 0 saturated carbocycles. The van der Waals surface area contributed by atoms with Gasteiger partial charge in [0.25, 0.3) is 0 Å². The Morgan fingerprint density at radius 1 is 1.27 bits per heavy atom. The summed E-state index contributed by atoms with van der Waals surface area (Å²) in [6, 6.07) is 3.11. The van der Waals surface area contributed by atoms with Crippen LogP contribution in [0.4, 0.5) is 8.78 Å². The van der Waals surface area contributed by atoms with Gasteiger partial charge < -0.3 is 0 Å². The molecule has 0 aliphatic rings. The Kier molecular flexibility index (Phi) is 1.98. The number of Topliss-reactive ketones (excluding diaryl/α,β-unsaturated/α-hetero) is 1. The second kappa shape index (κ2) is 2.78. The van der Waals surface area contributed by atoms with Crippen molar-refractivity contribution in [2.24, 2.45) is 0 Å². The van der Waals surface area contributed by atoms with E-state index in [9.17, 15) is 13.6 Å². The van der Waals surface area contributed by atoms with Crippen molar-refractivity contribution in [2.75, 3.05) is 0 Å². The average Bonchev–Trinajstić information content (AvgIpc) is 1.85. The molecule has 56 valence electrons. The molecule has 11 heavy (non-hydrogen) atoms. The molecular weight excluding hydrogens is 150 g/mol. The zero-order chi connectivity index (χ0) is 8.43. The van der Waals surface area contributed by atoms with E-state index in [2.05, 4.69) is 0 Å². The van der Waals surface area contributed by atoms with Crippen molar-refractivity contribution in [3.8, 4) is 0 Å². The molecule has 0 atom stereocenters. The predicted molar refractivity (Wildman–Crippen MR) is 35.0 cm³/mol. The number of carbonyl (C=O) groups excluding carboxylic acids is 1. The first-order valence-electron chi connectivity index (χ1n) is 2.86. The summed E-state index contributed by atoms with van der Waals surface area (Å²) in [5, 5.41) is 0. The quantitative estimate of drug-likeness (QED) is 0.564. The van der Waals surface area contributed by atoms with Crippen molar-refractivity contribution in [3.63, 3.8) is 0 Å². The van der Waals surface area contributed by atoms with E-state index in [1.807, 2.05) is 0 Å². The first-order chi connectivity index (χ1) is 5.13. The Morgan fingerprint density at radius 3 is 2.00 bits per heavy atom. The number of carbonyl (C=O) groups is 1. The minimum absolute atomic E-state index is 0.687. The van der Waals surface area contributed by atoms with Gasteiger partial charge in [0.2, 0.25) is 0 Å². The maximum absolute atomic E-state index is 12.6. The zero-order valence-corrected chi connectivity index (χ0v) is 5.47. The van der Waals surface area contributed by atoms with E-state index in [0.717, 1.165) is 18.2 Å². The van der Waals surface area contributed by atoms with Crippen LogP contribution in [0.15, 0.2) is 18.2 Å². The number of halogens is 2. The highest BCUT2D eigenvalue weighted by molar-refractivity contribution is 5.99. The predicted octanol–water partition coefficient (Wildman–Crippen LogP) is 1.86. The van der Waals surface area contributed by atoms with Crippen LogP contribution in [0.25, 0.3) is 0 Å². The van der Waals surface area contributed by atoms with Gasteiger partial charge in [0, 0.05) is 6.92 Å². The molecule has 2 radical (unpaired) electrons. The van der Waals surface area contributed by atoms with Gasteiger partial charge in [-0.2, -0.15) is 0 Å². The average molecular weight is 154 g/mol. The van der Waals surface area contributed by atoms with Crippen LogP contribution >= 0.6 is 0 Å². The van der Waals surface area contributed by atoms with Gasteiger partial charge in [-0.25, -0.2) is 8.78 Å². The number of rotatable bonds is 1. The first kappa shape index (κ1) is 7.85. The van der Waals surface area contributed by atoms with E-state index in [-0.39, 0.29) is 0 Å². The van der Waals surface area contributed by atoms with Gasteiger partial charge in [-0.05, 0) is 12.1 Å². The monoisotopic (exact) mass is 154 g/mol. The van der Waals surface area contributed by atoms with Crippen LogP contribution in [0.3, 0.4) is 0 Å². The summed E-state index contributed by atoms with van der Waals surface area (Å²) in [4.78, 5) is 10.4. The molecule has 1 rings (SSSR count). The molecule has 0 aliphatic heterocycles. The van der Waals surface area contributed by atoms with Crippen molar-refractivity contribution in [3.05, 3.63) is 42.3 Å². The molecule has 0 aliphatic carbocycles. The fraction of sp³-hybridized carbons (Fsp3) is 0. The van der Waals surface area contributed by atoms with Gasteiger partial charge in [-0.3, -0.25) is 4.79 Å². The third-order valence-electron chi connectivity index (χ3n) is 1.21. The standard InChI is InChI=1S/C8H4F2O/c1-5(11)8-6(9)3-2-4-7(8)10/h1-4H. The highest BCUT2D eigenvalue weighted by Gasteiger charge is 2.11. The number of benzene rings is 1. The molecule has 1 aromatic carbocycles. The van der Waals surface area contributed by atoms with E-state index in [4.69, 9.17) is 6.92 Å². The Morgan fingerprint density at radius 2 is 1.73 bits per heavy atom. The van der Waals surface area contributed by atoms with Gasteiger partial charge in [0.05, 0.1) is 5.56 Å². The Balaban J connectivity index is 3.32. The summed E-state index contributed by atoms with van der Waals surface area (Å²) in [6.45, 7) is 4.70. The summed E-state index contributed by atoms with van der Waals surface area (Å²) >= 11 is 0. The van der Waals surface area contributed by atoms with E-state index in [1.54, 1.807) is 0 Å². The minimum Gasteiger partial charge on any atom is -0.294 e. The minimum atomic E-state index is -1.10. The second-order valence-corrected chi connectivity index (χ2v) is 1.96. The number of ketones is 1. The molecule has 0 N–H and O–H groups in total. The lowest BCUT2D eigenvalue weighted by atomic mass is 10.1. The van der Waals surface area contributed by atoms with Crippen molar-refractivity contribution < 1.29 is 13.6 Å². The van der Waals surface area contributed by atoms with E-state index >= 15 is 0 Å². The molecule has 0 unspecified atom stereocenters. The highest BCUT2D eigenvalue weighted by Crippen LogP contribution is 2.11. The fourth-order valence-corrected chi connectivity index (χ4v) is 0.733. The third-order valence-corrected chi connectivity index (χ3v) is 1.21. The molecule has 0 amide bonds. The van der Waals surface area contributed by atoms with Crippen molar-refractivity contribution in [2.45, 2.75) is 0 Å². The highest BCUT2D eigenvalue weighted by atomic mass is 19.1. The number of hydrogen-bond acceptors (Lipinski definition) is 1. The van der Waals surface area contributed by atoms with Crippen molar-refractivity contribution in [1.82, 2.24) is 0 Å². The van der Waals surface area contributed by atoms with Gasteiger partial charge in [-0.15, -0.1) is 0 Å². The van der Waals surface area contributed by atoms with E-state index in [0.29, 0.717) is 0 Å². The lowest BCUT2D eigenvalue weighted by Gasteiger charge is -1.97. The van der Waals surface area contributed by atoms with Gasteiger partial charge in [-0.1, -0.05) is 6.07 Å². The molecule has 1 aromatic rings. The maximum Gasteiger partial charge on any atom is 0.173 e. The maximum atomic E-state index is 12.6. The topological polar surface area (TPSA) is 17.1 Å². The van der Waals surface area contributed by atoms with Crippen molar-refractivity contribution in [1.29, 1.82) is 0 Å². The first-order valence-corrected chi connectivity index (χ1v) is 2.86. The van der Waals surface area contributed by atoms with Gasteiger partial charge in [0.1, 0.15) is 11.6 Å². The summed E-state index contributed by atoms with van der Waals surface area (Å²) in [5.41, 5.74) is -0.687. The Bertz CT molecular complexity index is 274. The summed E-state index contributed by atoms with van der Waals surface area (Å²) < 4.78 is 25.1. The normalized spacial score (nSPS) is 9.73. The fourth-order valence-electron chi connectivity index (χ4n) is 0.733. The Hall–Kier alpha value is -1.25. The number of hydrogen-bond donors (Lipinski definition) is 0. The van der Waals surface area contributed by atoms with Gasteiger partial charge in [0.15, 0.2) is 5.78 Å². The van der Waals surface area contributed by atoms with Crippen LogP contribution < -0.4 is 0 Å². The van der Waals surface area contributed by atoms with E-state index < -0.39 is 23.0 Å². The van der Waals surface area contributed by atoms with Crippen LogP contribution in [-0.4, -0.2) is 5.78 Å². The van der Waals surface area contributed by atoms with Crippen LogP contribution in [0.2, 0.25) is 0 Å². The molecule has 0 bridgehead atoms. The summed E-state index contributed by atoms with van der Waals surface area (Å²) in [6.07, 6.45) is 0. The molecule has 3 heteroatoms.